The van der Waals surface area contributed by atoms with Crippen LogP contribution in [0.2, 0.25) is 0 Å². The maximum atomic E-state index is 12.4. The number of aldehydes is 1. The molecule has 2 aromatic rings. The van der Waals surface area contributed by atoms with Crippen molar-refractivity contribution in [2.24, 2.45) is 0 Å². The molecule has 0 aromatic heterocycles. The summed E-state index contributed by atoms with van der Waals surface area (Å²) < 4.78 is 11.1. The van der Waals surface area contributed by atoms with Crippen LogP contribution in [0.25, 0.3) is 0 Å². The molecule has 3 rings (SSSR count). The van der Waals surface area contributed by atoms with Crippen LogP contribution in [0.1, 0.15) is 47.3 Å². The number of benzene rings is 2. The predicted molar refractivity (Wildman–Crippen MR) is 98.8 cm³/mol. The lowest BCUT2D eigenvalue weighted by atomic mass is 9.88. The van der Waals surface area contributed by atoms with E-state index in [4.69, 9.17) is 9.47 Å². The van der Waals surface area contributed by atoms with E-state index in [2.05, 4.69) is 17.4 Å². The summed E-state index contributed by atoms with van der Waals surface area (Å²) in [6.45, 7) is 2.20. The average molecular weight is 353 g/mol. The number of carbonyl (C=O) groups excluding carboxylic acids is 2. The molecule has 0 spiro atoms. The molecule has 0 bridgehead atoms. The van der Waals surface area contributed by atoms with Crippen molar-refractivity contribution in [3.8, 4) is 11.5 Å². The molecule has 2 aromatic carbocycles. The molecule has 136 valence electrons. The minimum atomic E-state index is -0.173. The van der Waals surface area contributed by atoms with Gasteiger partial charge < -0.3 is 14.8 Å². The molecule has 26 heavy (non-hydrogen) atoms. The lowest BCUT2D eigenvalue weighted by Gasteiger charge is -2.26. The summed E-state index contributed by atoms with van der Waals surface area (Å²) in [4.78, 5) is 23.3. The quantitative estimate of drug-likeness (QED) is 0.774. The Morgan fingerprint density at radius 2 is 2.04 bits per heavy atom. The SMILES string of the molecule is CCOc1cc(C=O)ccc1OCC(=O)NC1CCCc2ccccc21. The van der Waals surface area contributed by atoms with Gasteiger partial charge in [-0.15, -0.1) is 0 Å². The molecule has 0 fully saturated rings. The molecule has 5 heteroatoms. The van der Waals surface area contributed by atoms with Gasteiger partial charge in [-0.05, 0) is 55.5 Å². The van der Waals surface area contributed by atoms with Crippen molar-refractivity contribution in [2.75, 3.05) is 13.2 Å². The van der Waals surface area contributed by atoms with Gasteiger partial charge in [0, 0.05) is 5.56 Å². The summed E-state index contributed by atoms with van der Waals surface area (Å²) in [6, 6.07) is 13.2. The lowest BCUT2D eigenvalue weighted by Crippen LogP contribution is -2.34. The minimum absolute atomic E-state index is 0.0276. The number of aryl methyl sites for hydroxylation is 1. The molecular formula is C21H23NO4. The fourth-order valence-corrected chi connectivity index (χ4v) is 3.27. The normalized spacial score (nSPS) is 15.7. The molecule has 1 unspecified atom stereocenters. The molecule has 1 N–H and O–H groups in total. The fourth-order valence-electron chi connectivity index (χ4n) is 3.27. The highest BCUT2D eigenvalue weighted by Gasteiger charge is 2.21. The summed E-state index contributed by atoms with van der Waals surface area (Å²) in [5, 5.41) is 3.06. The second-order valence-corrected chi connectivity index (χ2v) is 6.26. The first-order chi connectivity index (χ1) is 12.7. The summed E-state index contributed by atoms with van der Waals surface area (Å²) in [5.41, 5.74) is 2.99. The van der Waals surface area contributed by atoms with E-state index in [1.165, 1.54) is 11.1 Å². The van der Waals surface area contributed by atoms with E-state index in [1.54, 1.807) is 18.2 Å². The van der Waals surface area contributed by atoms with Gasteiger partial charge in [0.1, 0.15) is 6.29 Å². The van der Waals surface area contributed by atoms with Crippen LogP contribution in [0.3, 0.4) is 0 Å². The second-order valence-electron chi connectivity index (χ2n) is 6.26. The zero-order valence-electron chi connectivity index (χ0n) is 14.9. The first-order valence-electron chi connectivity index (χ1n) is 8.93. The van der Waals surface area contributed by atoms with Crippen LogP contribution in [0.4, 0.5) is 0 Å². The van der Waals surface area contributed by atoms with Crippen molar-refractivity contribution >= 4 is 12.2 Å². The van der Waals surface area contributed by atoms with Crippen molar-refractivity contribution in [3.05, 3.63) is 59.2 Å². The summed E-state index contributed by atoms with van der Waals surface area (Å²) in [5.74, 6) is 0.748. The van der Waals surface area contributed by atoms with E-state index >= 15 is 0 Å². The predicted octanol–water partition coefficient (Wildman–Crippen LogP) is 3.47. The maximum absolute atomic E-state index is 12.4. The third kappa shape index (κ3) is 4.23. The van der Waals surface area contributed by atoms with Gasteiger partial charge in [0.05, 0.1) is 12.6 Å². The van der Waals surface area contributed by atoms with Crippen LogP contribution in [0.15, 0.2) is 42.5 Å². The van der Waals surface area contributed by atoms with Crippen LogP contribution < -0.4 is 14.8 Å². The van der Waals surface area contributed by atoms with Gasteiger partial charge in [0.15, 0.2) is 18.1 Å². The summed E-state index contributed by atoms with van der Waals surface area (Å²) in [6.07, 6.45) is 3.80. The smallest absolute Gasteiger partial charge is 0.258 e. The molecule has 1 atom stereocenters. The zero-order valence-corrected chi connectivity index (χ0v) is 14.9. The molecule has 0 heterocycles. The molecule has 1 amide bonds. The molecular weight excluding hydrogens is 330 g/mol. The Labute approximate surface area is 153 Å². The van der Waals surface area contributed by atoms with E-state index in [0.29, 0.717) is 23.7 Å². The monoisotopic (exact) mass is 353 g/mol. The second kappa shape index (κ2) is 8.52. The van der Waals surface area contributed by atoms with Crippen LogP contribution >= 0.6 is 0 Å². The Morgan fingerprint density at radius 3 is 2.85 bits per heavy atom. The number of carbonyl (C=O) groups is 2. The van der Waals surface area contributed by atoms with Gasteiger partial charge in [0.2, 0.25) is 0 Å². The number of rotatable bonds is 7. The molecule has 1 aliphatic carbocycles. The fraction of sp³-hybridized carbons (Fsp3) is 0.333. The topological polar surface area (TPSA) is 64.6 Å². The third-order valence-electron chi connectivity index (χ3n) is 4.47. The molecule has 1 aliphatic rings. The number of hydrogen-bond donors (Lipinski definition) is 1. The van der Waals surface area contributed by atoms with Gasteiger partial charge in [-0.25, -0.2) is 0 Å². The van der Waals surface area contributed by atoms with Crippen LogP contribution in [-0.2, 0) is 11.2 Å². The highest BCUT2D eigenvalue weighted by atomic mass is 16.5. The Kier molecular flexibility index (Phi) is 5.89. The van der Waals surface area contributed by atoms with Gasteiger partial charge in [-0.3, -0.25) is 9.59 Å². The number of nitrogens with one attached hydrogen (secondary N) is 1. The number of fused-ring (bicyclic) bond motifs is 1. The van der Waals surface area contributed by atoms with Crippen LogP contribution in [0, 0.1) is 0 Å². The van der Waals surface area contributed by atoms with E-state index in [9.17, 15) is 9.59 Å². The minimum Gasteiger partial charge on any atom is -0.490 e. The Balaban J connectivity index is 1.62. The van der Waals surface area contributed by atoms with Crippen molar-refractivity contribution in [1.82, 2.24) is 5.32 Å². The summed E-state index contributed by atoms with van der Waals surface area (Å²) in [7, 11) is 0. The maximum Gasteiger partial charge on any atom is 0.258 e. The number of amides is 1. The van der Waals surface area contributed by atoms with E-state index in [0.717, 1.165) is 25.5 Å². The molecule has 0 saturated carbocycles. The largest absolute Gasteiger partial charge is 0.490 e. The molecule has 0 aliphatic heterocycles. The highest BCUT2D eigenvalue weighted by Crippen LogP contribution is 2.30. The van der Waals surface area contributed by atoms with Gasteiger partial charge in [-0.1, -0.05) is 24.3 Å². The lowest BCUT2D eigenvalue weighted by molar-refractivity contribution is -0.124. The summed E-state index contributed by atoms with van der Waals surface area (Å²) >= 11 is 0. The number of hydrogen-bond acceptors (Lipinski definition) is 4. The van der Waals surface area contributed by atoms with E-state index < -0.39 is 0 Å². The van der Waals surface area contributed by atoms with E-state index in [-0.39, 0.29) is 18.6 Å². The van der Waals surface area contributed by atoms with Crippen molar-refractivity contribution < 1.29 is 19.1 Å². The van der Waals surface area contributed by atoms with Crippen molar-refractivity contribution in [2.45, 2.75) is 32.2 Å². The first-order valence-corrected chi connectivity index (χ1v) is 8.93. The Hall–Kier alpha value is -2.82. The van der Waals surface area contributed by atoms with E-state index in [1.807, 2.05) is 19.1 Å². The first kappa shape index (κ1) is 18.0. The number of ether oxygens (including phenoxy) is 2. The third-order valence-corrected chi connectivity index (χ3v) is 4.47. The molecule has 0 radical (unpaired) electrons. The van der Waals surface area contributed by atoms with Crippen molar-refractivity contribution in [3.63, 3.8) is 0 Å². The molecule has 0 saturated heterocycles. The Morgan fingerprint density at radius 1 is 1.19 bits per heavy atom. The average Bonchev–Trinajstić information content (AvgIpc) is 2.67. The standard InChI is InChI=1S/C21H23NO4/c1-2-25-20-12-15(13-23)10-11-19(20)26-14-21(24)22-18-9-5-7-16-6-3-4-8-17(16)18/h3-4,6,8,10-13,18H,2,5,7,9,14H2,1H3,(H,22,24). The zero-order chi connectivity index (χ0) is 18.4. The van der Waals surface area contributed by atoms with Gasteiger partial charge in [-0.2, -0.15) is 0 Å². The van der Waals surface area contributed by atoms with Crippen LogP contribution in [0.5, 0.6) is 11.5 Å². The van der Waals surface area contributed by atoms with Gasteiger partial charge in [0.25, 0.3) is 5.91 Å². The Bertz CT molecular complexity index is 787. The molecule has 5 nitrogen and oxygen atoms in total. The highest BCUT2D eigenvalue weighted by molar-refractivity contribution is 5.79. The van der Waals surface area contributed by atoms with Crippen LogP contribution in [-0.4, -0.2) is 25.4 Å². The van der Waals surface area contributed by atoms with Crippen molar-refractivity contribution in [1.29, 1.82) is 0 Å². The van der Waals surface area contributed by atoms with Gasteiger partial charge >= 0.3 is 0 Å².